The van der Waals surface area contributed by atoms with E-state index in [1.807, 2.05) is 36.1 Å². The van der Waals surface area contributed by atoms with Crippen LogP contribution in [-0.2, 0) is 11.2 Å². The van der Waals surface area contributed by atoms with Gasteiger partial charge in [0.15, 0.2) is 0 Å². The fourth-order valence-electron chi connectivity index (χ4n) is 4.06. The average Bonchev–Trinajstić information content (AvgIpc) is 2.95. The van der Waals surface area contributed by atoms with Crippen LogP contribution in [0.25, 0.3) is 5.69 Å². The first-order chi connectivity index (χ1) is 12.6. The van der Waals surface area contributed by atoms with Gasteiger partial charge in [0.25, 0.3) is 0 Å². The highest BCUT2D eigenvalue weighted by Gasteiger charge is 2.32. The molecule has 1 aromatic carbocycles. The number of piperidine rings is 1. The number of aryl methyl sites for hydroxylation is 1. The van der Waals surface area contributed by atoms with Crippen LogP contribution >= 0.6 is 0 Å². The molecule has 0 atom stereocenters. The molecule has 2 aliphatic rings. The van der Waals surface area contributed by atoms with Gasteiger partial charge in [-0.1, -0.05) is 24.6 Å². The number of amides is 1. The molecule has 1 saturated carbocycles. The molecule has 2 fully saturated rings. The number of benzene rings is 1. The molecule has 138 valence electrons. The minimum atomic E-state index is -0.188. The normalized spacial score (nSPS) is 18.7. The molecule has 2 heterocycles. The number of carbonyl (C=O) groups is 1. The Balaban J connectivity index is 1.44. The van der Waals surface area contributed by atoms with Gasteiger partial charge in [-0.3, -0.25) is 4.79 Å². The van der Waals surface area contributed by atoms with E-state index in [-0.39, 0.29) is 11.6 Å². The maximum absolute atomic E-state index is 12.4. The number of aromatic amines is 1. The van der Waals surface area contributed by atoms with Crippen molar-refractivity contribution < 1.29 is 4.79 Å². The summed E-state index contributed by atoms with van der Waals surface area (Å²) in [4.78, 5) is 26.7. The van der Waals surface area contributed by atoms with E-state index in [4.69, 9.17) is 0 Å². The summed E-state index contributed by atoms with van der Waals surface area (Å²) in [7, 11) is 0. The van der Waals surface area contributed by atoms with Crippen LogP contribution in [0, 0.1) is 18.8 Å². The predicted octanol–water partition coefficient (Wildman–Crippen LogP) is 2.45. The van der Waals surface area contributed by atoms with Gasteiger partial charge in [0.1, 0.15) is 5.82 Å². The van der Waals surface area contributed by atoms with Gasteiger partial charge in [-0.2, -0.15) is 5.10 Å². The standard InChI is InChI=1S/C20H26N4O2/c1-14-5-2-3-8-17(14)24-18(21-22-20(24)26)13-15-9-11-23(12-10-15)19(25)16-6-4-7-16/h2-3,5,8,15-16H,4,6-7,9-13H2,1H3,(H,22,26). The number of likely N-dealkylation sites (tertiary alicyclic amines) is 1. The van der Waals surface area contributed by atoms with E-state index < -0.39 is 0 Å². The zero-order chi connectivity index (χ0) is 18.1. The van der Waals surface area contributed by atoms with Crippen molar-refractivity contribution >= 4 is 5.91 Å². The molecule has 1 aliphatic carbocycles. The lowest BCUT2D eigenvalue weighted by Crippen LogP contribution is -2.43. The minimum Gasteiger partial charge on any atom is -0.342 e. The molecule has 0 unspecified atom stereocenters. The lowest BCUT2D eigenvalue weighted by Gasteiger charge is -2.36. The Hall–Kier alpha value is -2.37. The van der Waals surface area contributed by atoms with Crippen LogP contribution in [0.4, 0.5) is 0 Å². The maximum atomic E-state index is 12.4. The predicted molar refractivity (Wildman–Crippen MR) is 99.3 cm³/mol. The Morgan fingerprint density at radius 1 is 1.19 bits per heavy atom. The number of nitrogens with zero attached hydrogens (tertiary/aromatic N) is 3. The number of aromatic nitrogens is 3. The largest absolute Gasteiger partial charge is 0.347 e. The Bertz CT molecular complexity index is 841. The second-order valence-electron chi connectivity index (χ2n) is 7.67. The highest BCUT2D eigenvalue weighted by Crippen LogP contribution is 2.30. The van der Waals surface area contributed by atoms with Crippen molar-refractivity contribution in [2.45, 2.75) is 45.4 Å². The lowest BCUT2D eigenvalue weighted by molar-refractivity contribution is -0.139. The number of nitrogens with one attached hydrogen (secondary N) is 1. The summed E-state index contributed by atoms with van der Waals surface area (Å²) in [5, 5.41) is 6.88. The molecule has 0 bridgehead atoms. The molecular formula is C20H26N4O2. The minimum absolute atomic E-state index is 0.188. The van der Waals surface area contributed by atoms with Crippen LogP contribution in [0.15, 0.2) is 29.1 Å². The number of para-hydroxylation sites is 1. The number of rotatable bonds is 4. The van der Waals surface area contributed by atoms with E-state index in [0.717, 1.165) is 62.3 Å². The van der Waals surface area contributed by atoms with Gasteiger partial charge < -0.3 is 4.90 Å². The zero-order valence-corrected chi connectivity index (χ0v) is 15.3. The SMILES string of the molecule is Cc1ccccc1-n1c(CC2CCN(C(=O)C3CCC3)CC2)n[nH]c1=O. The third-order valence-corrected chi connectivity index (χ3v) is 5.95. The van der Waals surface area contributed by atoms with Crippen LogP contribution in [0.3, 0.4) is 0 Å². The zero-order valence-electron chi connectivity index (χ0n) is 15.3. The topological polar surface area (TPSA) is 71.0 Å². The summed E-state index contributed by atoms with van der Waals surface area (Å²) in [6, 6.07) is 7.87. The monoisotopic (exact) mass is 354 g/mol. The summed E-state index contributed by atoms with van der Waals surface area (Å²) >= 11 is 0. The molecule has 0 radical (unpaired) electrons. The molecule has 26 heavy (non-hydrogen) atoms. The number of hydrogen-bond donors (Lipinski definition) is 1. The molecule has 2 aromatic rings. The molecule has 4 rings (SSSR count). The van der Waals surface area contributed by atoms with Gasteiger partial charge >= 0.3 is 5.69 Å². The number of hydrogen-bond acceptors (Lipinski definition) is 3. The molecular weight excluding hydrogens is 328 g/mol. The summed E-state index contributed by atoms with van der Waals surface area (Å²) < 4.78 is 1.70. The van der Waals surface area contributed by atoms with Gasteiger partial charge in [-0.15, -0.1) is 0 Å². The van der Waals surface area contributed by atoms with E-state index in [1.54, 1.807) is 4.57 Å². The van der Waals surface area contributed by atoms with Gasteiger partial charge in [0.2, 0.25) is 5.91 Å². The summed E-state index contributed by atoms with van der Waals surface area (Å²) in [5.74, 6) is 1.88. The van der Waals surface area contributed by atoms with Crippen molar-refractivity contribution in [1.29, 1.82) is 0 Å². The van der Waals surface area contributed by atoms with Gasteiger partial charge in [0, 0.05) is 25.4 Å². The van der Waals surface area contributed by atoms with Crippen molar-refractivity contribution in [3.63, 3.8) is 0 Å². The molecule has 6 nitrogen and oxygen atoms in total. The summed E-state index contributed by atoms with van der Waals surface area (Å²) in [6.45, 7) is 3.67. The molecule has 1 aromatic heterocycles. The smallest absolute Gasteiger partial charge is 0.342 e. The molecule has 1 saturated heterocycles. The Morgan fingerprint density at radius 3 is 2.58 bits per heavy atom. The molecule has 6 heteroatoms. The maximum Gasteiger partial charge on any atom is 0.347 e. The quantitative estimate of drug-likeness (QED) is 0.917. The molecule has 0 spiro atoms. The fourth-order valence-corrected chi connectivity index (χ4v) is 4.06. The molecule has 1 amide bonds. The average molecular weight is 354 g/mol. The van der Waals surface area contributed by atoms with E-state index in [1.165, 1.54) is 6.42 Å². The first-order valence-electron chi connectivity index (χ1n) is 9.64. The highest BCUT2D eigenvalue weighted by molar-refractivity contribution is 5.79. The highest BCUT2D eigenvalue weighted by atomic mass is 16.2. The summed E-state index contributed by atoms with van der Waals surface area (Å²) in [5.41, 5.74) is 1.75. The molecule has 1 N–H and O–H groups in total. The van der Waals surface area contributed by atoms with Crippen LogP contribution in [0.2, 0.25) is 0 Å². The fraction of sp³-hybridized carbons (Fsp3) is 0.550. The van der Waals surface area contributed by atoms with E-state index in [0.29, 0.717) is 11.8 Å². The third-order valence-electron chi connectivity index (χ3n) is 5.95. The first kappa shape index (κ1) is 17.1. The van der Waals surface area contributed by atoms with Crippen LogP contribution in [-0.4, -0.2) is 38.7 Å². The number of carbonyl (C=O) groups excluding carboxylic acids is 1. The first-order valence-corrected chi connectivity index (χ1v) is 9.64. The van der Waals surface area contributed by atoms with Gasteiger partial charge in [-0.25, -0.2) is 14.5 Å². The van der Waals surface area contributed by atoms with E-state index >= 15 is 0 Å². The van der Waals surface area contributed by atoms with Crippen LogP contribution in [0.5, 0.6) is 0 Å². The van der Waals surface area contributed by atoms with E-state index in [9.17, 15) is 9.59 Å². The van der Waals surface area contributed by atoms with Crippen LogP contribution < -0.4 is 5.69 Å². The lowest BCUT2D eigenvalue weighted by atomic mass is 9.83. The Labute approximate surface area is 153 Å². The second kappa shape index (κ2) is 7.09. The molecule has 1 aliphatic heterocycles. The van der Waals surface area contributed by atoms with E-state index in [2.05, 4.69) is 10.2 Å². The van der Waals surface area contributed by atoms with Crippen LogP contribution in [0.1, 0.15) is 43.5 Å². The summed E-state index contributed by atoms with van der Waals surface area (Å²) in [6.07, 6.45) is 6.05. The van der Waals surface area contributed by atoms with Crippen molar-refractivity contribution in [2.75, 3.05) is 13.1 Å². The number of H-pyrrole nitrogens is 1. The Morgan fingerprint density at radius 2 is 1.92 bits per heavy atom. The van der Waals surface area contributed by atoms with Gasteiger partial charge in [-0.05, 0) is 50.2 Å². The third kappa shape index (κ3) is 3.20. The van der Waals surface area contributed by atoms with Crippen molar-refractivity contribution in [3.05, 3.63) is 46.1 Å². The van der Waals surface area contributed by atoms with Crippen molar-refractivity contribution in [1.82, 2.24) is 19.7 Å². The van der Waals surface area contributed by atoms with Crippen molar-refractivity contribution in [2.24, 2.45) is 11.8 Å². The van der Waals surface area contributed by atoms with Crippen molar-refractivity contribution in [3.8, 4) is 5.69 Å². The van der Waals surface area contributed by atoms with Gasteiger partial charge in [0.05, 0.1) is 5.69 Å². The second-order valence-corrected chi connectivity index (χ2v) is 7.67. The Kier molecular flexibility index (Phi) is 4.66.